The monoisotopic (exact) mass is 291 g/mol. The molecule has 0 unspecified atom stereocenters. The van der Waals surface area contributed by atoms with Crippen molar-refractivity contribution in [2.45, 2.75) is 38.5 Å². The van der Waals surface area contributed by atoms with Crippen molar-refractivity contribution in [3.8, 4) is 0 Å². The lowest BCUT2D eigenvalue weighted by Gasteiger charge is -2.21. The van der Waals surface area contributed by atoms with Crippen molar-refractivity contribution < 1.29 is 9.72 Å². The third-order valence-electron chi connectivity index (χ3n) is 4.09. The number of nitro groups is 1. The Labute approximate surface area is 123 Å². The number of para-hydroxylation sites is 1. The molecule has 2 rings (SSSR count). The maximum atomic E-state index is 12.1. The Morgan fingerprint density at radius 1 is 1.33 bits per heavy atom. The highest BCUT2D eigenvalue weighted by Gasteiger charge is 2.19. The number of hydrogen-bond acceptors (Lipinski definition) is 4. The molecule has 0 aromatic heterocycles. The van der Waals surface area contributed by atoms with Crippen LogP contribution in [0.15, 0.2) is 18.2 Å². The van der Waals surface area contributed by atoms with Crippen molar-refractivity contribution in [3.63, 3.8) is 0 Å². The highest BCUT2D eigenvalue weighted by molar-refractivity contribution is 6.00. The molecule has 0 radical (unpaired) electrons. The van der Waals surface area contributed by atoms with Gasteiger partial charge in [0.15, 0.2) is 0 Å². The minimum atomic E-state index is -0.575. The zero-order valence-corrected chi connectivity index (χ0v) is 12.0. The van der Waals surface area contributed by atoms with Gasteiger partial charge in [-0.15, -0.1) is 0 Å². The summed E-state index contributed by atoms with van der Waals surface area (Å²) in [6.07, 6.45) is 7.28. The van der Waals surface area contributed by atoms with Gasteiger partial charge in [-0.25, -0.2) is 0 Å². The molecule has 0 bridgehead atoms. The summed E-state index contributed by atoms with van der Waals surface area (Å²) in [6.45, 7) is 0.589. The van der Waals surface area contributed by atoms with Crippen LogP contribution in [-0.4, -0.2) is 17.4 Å². The maximum Gasteiger partial charge on any atom is 0.292 e. The first kappa shape index (κ1) is 15.3. The number of nitrogens with two attached hydrogens (primary N) is 1. The second-order valence-electron chi connectivity index (χ2n) is 5.54. The lowest BCUT2D eigenvalue weighted by Crippen LogP contribution is -2.27. The molecule has 21 heavy (non-hydrogen) atoms. The molecule has 1 aliphatic rings. The number of benzene rings is 1. The van der Waals surface area contributed by atoms with Crippen LogP contribution in [0.4, 0.5) is 11.4 Å². The van der Waals surface area contributed by atoms with Crippen molar-refractivity contribution in [2.75, 3.05) is 12.3 Å². The molecule has 0 spiro atoms. The SMILES string of the molecule is Nc1c(C(=O)NCCC2CCCCC2)cccc1[N+](=O)[O-]. The second-order valence-corrected chi connectivity index (χ2v) is 5.54. The van der Waals surface area contributed by atoms with Crippen molar-refractivity contribution in [1.29, 1.82) is 0 Å². The standard InChI is InChI=1S/C15H21N3O3/c16-14-12(7-4-8-13(14)18(20)21)15(19)17-10-9-11-5-2-1-3-6-11/h4,7-8,11H,1-3,5-6,9-10,16H2,(H,17,19). The third kappa shape index (κ3) is 3.93. The topological polar surface area (TPSA) is 98.3 Å². The zero-order valence-electron chi connectivity index (χ0n) is 12.0. The van der Waals surface area contributed by atoms with E-state index in [0.29, 0.717) is 12.5 Å². The summed E-state index contributed by atoms with van der Waals surface area (Å²) < 4.78 is 0. The molecule has 1 amide bonds. The highest BCUT2D eigenvalue weighted by Crippen LogP contribution is 2.26. The van der Waals surface area contributed by atoms with E-state index in [2.05, 4.69) is 5.32 Å². The summed E-state index contributed by atoms with van der Waals surface area (Å²) in [6, 6.07) is 4.29. The van der Waals surface area contributed by atoms with Gasteiger partial charge in [-0.2, -0.15) is 0 Å². The zero-order chi connectivity index (χ0) is 15.2. The molecule has 1 fully saturated rings. The summed E-state index contributed by atoms with van der Waals surface area (Å²) in [4.78, 5) is 22.3. The Morgan fingerprint density at radius 3 is 2.71 bits per heavy atom. The second kappa shape index (κ2) is 7.06. The van der Waals surface area contributed by atoms with Gasteiger partial charge in [-0.3, -0.25) is 14.9 Å². The van der Waals surface area contributed by atoms with Gasteiger partial charge in [-0.1, -0.05) is 38.2 Å². The summed E-state index contributed by atoms with van der Waals surface area (Å²) in [5.74, 6) is 0.341. The Kier molecular flexibility index (Phi) is 5.14. The molecule has 114 valence electrons. The number of nitrogen functional groups attached to an aromatic ring is 1. The van der Waals surface area contributed by atoms with Gasteiger partial charge in [0.1, 0.15) is 5.69 Å². The molecular formula is C15H21N3O3. The van der Waals surface area contributed by atoms with Gasteiger partial charge in [0.05, 0.1) is 10.5 Å². The van der Waals surface area contributed by atoms with E-state index in [4.69, 9.17) is 5.73 Å². The minimum absolute atomic E-state index is 0.0716. The van der Waals surface area contributed by atoms with E-state index in [9.17, 15) is 14.9 Å². The smallest absolute Gasteiger partial charge is 0.292 e. The van der Waals surface area contributed by atoms with Crippen LogP contribution in [0, 0.1) is 16.0 Å². The number of amides is 1. The van der Waals surface area contributed by atoms with E-state index in [1.165, 1.54) is 50.3 Å². The fourth-order valence-electron chi connectivity index (χ4n) is 2.87. The summed E-state index contributed by atoms with van der Waals surface area (Å²) in [5, 5.41) is 13.6. The number of nitrogens with zero attached hydrogens (tertiary/aromatic N) is 1. The number of anilines is 1. The van der Waals surface area contributed by atoms with Gasteiger partial charge in [0, 0.05) is 12.6 Å². The van der Waals surface area contributed by atoms with Crippen molar-refractivity contribution in [2.24, 2.45) is 5.92 Å². The number of nitrogens with one attached hydrogen (secondary N) is 1. The van der Waals surface area contributed by atoms with Gasteiger partial charge in [0.25, 0.3) is 11.6 Å². The average molecular weight is 291 g/mol. The van der Waals surface area contributed by atoms with Crippen LogP contribution in [0.1, 0.15) is 48.9 Å². The fraction of sp³-hybridized carbons (Fsp3) is 0.533. The third-order valence-corrected chi connectivity index (χ3v) is 4.09. The van der Waals surface area contributed by atoms with E-state index >= 15 is 0 Å². The largest absolute Gasteiger partial charge is 0.393 e. The van der Waals surface area contributed by atoms with E-state index < -0.39 is 4.92 Å². The molecule has 1 aromatic carbocycles. The Hall–Kier alpha value is -2.11. The number of hydrogen-bond donors (Lipinski definition) is 2. The van der Waals surface area contributed by atoms with E-state index in [1.807, 2.05) is 0 Å². The number of carbonyl (C=O) groups is 1. The van der Waals surface area contributed by atoms with Crippen molar-refractivity contribution >= 4 is 17.3 Å². The molecule has 1 aliphatic carbocycles. The molecule has 1 saturated carbocycles. The van der Waals surface area contributed by atoms with Gasteiger partial charge in [0.2, 0.25) is 0 Å². The van der Waals surface area contributed by atoms with Crippen LogP contribution >= 0.6 is 0 Å². The molecule has 6 heteroatoms. The molecule has 0 heterocycles. The first-order valence-electron chi connectivity index (χ1n) is 7.40. The van der Waals surface area contributed by atoms with E-state index in [-0.39, 0.29) is 22.8 Å². The molecule has 6 nitrogen and oxygen atoms in total. The van der Waals surface area contributed by atoms with Crippen molar-refractivity contribution in [3.05, 3.63) is 33.9 Å². The van der Waals surface area contributed by atoms with Crippen LogP contribution in [0.3, 0.4) is 0 Å². The van der Waals surface area contributed by atoms with E-state index in [0.717, 1.165) is 6.42 Å². The molecule has 3 N–H and O–H groups in total. The summed E-state index contributed by atoms with van der Waals surface area (Å²) >= 11 is 0. The molecular weight excluding hydrogens is 270 g/mol. The van der Waals surface area contributed by atoms with Gasteiger partial charge >= 0.3 is 0 Å². The van der Waals surface area contributed by atoms with Crippen LogP contribution < -0.4 is 11.1 Å². The number of rotatable bonds is 5. The van der Waals surface area contributed by atoms with Gasteiger partial charge in [-0.05, 0) is 18.4 Å². The lowest BCUT2D eigenvalue weighted by molar-refractivity contribution is -0.383. The quantitative estimate of drug-likeness (QED) is 0.495. The predicted octanol–water partition coefficient (Wildman–Crippen LogP) is 2.88. The predicted molar refractivity (Wildman–Crippen MR) is 81.0 cm³/mol. The average Bonchev–Trinajstić information content (AvgIpc) is 2.48. The van der Waals surface area contributed by atoms with Crippen molar-refractivity contribution in [1.82, 2.24) is 5.32 Å². The fourth-order valence-corrected chi connectivity index (χ4v) is 2.87. The normalized spacial score (nSPS) is 15.6. The first-order valence-corrected chi connectivity index (χ1v) is 7.40. The van der Waals surface area contributed by atoms with Crippen LogP contribution in [0.2, 0.25) is 0 Å². The maximum absolute atomic E-state index is 12.1. The van der Waals surface area contributed by atoms with Crippen LogP contribution in [0.5, 0.6) is 0 Å². The Balaban J connectivity index is 1.91. The first-order chi connectivity index (χ1) is 10.1. The van der Waals surface area contributed by atoms with E-state index in [1.54, 1.807) is 0 Å². The molecule has 0 atom stereocenters. The minimum Gasteiger partial charge on any atom is -0.393 e. The highest BCUT2D eigenvalue weighted by atomic mass is 16.6. The lowest BCUT2D eigenvalue weighted by atomic mass is 9.87. The van der Waals surface area contributed by atoms with Gasteiger partial charge < -0.3 is 11.1 Å². The van der Waals surface area contributed by atoms with Crippen LogP contribution in [-0.2, 0) is 0 Å². The molecule has 1 aromatic rings. The number of nitro benzene ring substituents is 1. The molecule has 0 aliphatic heterocycles. The summed E-state index contributed by atoms with van der Waals surface area (Å²) in [7, 11) is 0. The number of carbonyl (C=O) groups excluding carboxylic acids is 1. The Morgan fingerprint density at radius 2 is 2.05 bits per heavy atom. The molecule has 0 saturated heterocycles. The van der Waals surface area contributed by atoms with Crippen LogP contribution in [0.25, 0.3) is 0 Å². The summed E-state index contributed by atoms with van der Waals surface area (Å²) in [5.41, 5.74) is 5.57. The Bertz CT molecular complexity index is 525.